The topological polar surface area (TPSA) is 78.9 Å². The normalized spacial score (nSPS) is 13.3. The molecule has 0 saturated carbocycles. The molecule has 0 N–H and O–H groups in total. The van der Waals surface area contributed by atoms with Gasteiger partial charge in [-0.15, -0.1) is 0 Å². The van der Waals surface area contributed by atoms with E-state index in [1.54, 1.807) is 0 Å². The lowest BCUT2D eigenvalue weighted by atomic mass is 10.0. The minimum atomic E-state index is -0.832. The van der Waals surface area contributed by atoms with E-state index < -0.39 is 6.10 Å². The summed E-state index contributed by atoms with van der Waals surface area (Å²) in [7, 11) is 0. The standard InChI is InChI=1S/C76H120O6/c1-4-7-10-13-16-19-22-25-28-31-33-35-37-38-40-41-43-45-48-51-54-57-60-63-66-69-75(78)81-72-73(71-80-74(77)68-65-62-59-56-53-50-47-30-27-24-21-18-15-12-9-6-3)82-76(79)70-67-64-61-58-55-52-49-46-44-42-39-36-34-32-29-26-23-20-17-14-11-8-5-2/h7-8,10-11,16-17,19-20,25-26,28-29,33-36,38,40,42-45,49,51-52,54,58,61,73H,4-6,9,12-15,18,21-24,27,30-32,37,39,41,46-48,50,53,55-57,59-60,62-72H2,1-3H3/b10-7-,11-8-,19-16-,20-17-,28-25-,29-26-,35-33-,36-34-,40-38-,44-42-,45-43-,52-49-,54-51-,61-58-. The molecule has 0 radical (unpaired) electrons. The van der Waals surface area contributed by atoms with Gasteiger partial charge in [0.15, 0.2) is 6.10 Å². The number of unbranched alkanes of at least 4 members (excludes halogenated alkanes) is 19. The molecule has 0 aromatic heterocycles. The third kappa shape index (κ3) is 65.6. The number of carbonyl (C=O) groups excluding carboxylic acids is 3. The highest BCUT2D eigenvalue weighted by Crippen LogP contribution is 2.15. The molecule has 82 heavy (non-hydrogen) atoms. The van der Waals surface area contributed by atoms with Crippen molar-refractivity contribution < 1.29 is 28.6 Å². The smallest absolute Gasteiger partial charge is 0.306 e. The molecule has 0 fully saturated rings. The maximum atomic E-state index is 12.9. The zero-order valence-corrected chi connectivity index (χ0v) is 52.7. The molecule has 0 aromatic rings. The van der Waals surface area contributed by atoms with E-state index in [9.17, 15) is 14.4 Å². The van der Waals surface area contributed by atoms with Crippen molar-refractivity contribution in [3.05, 3.63) is 170 Å². The number of ether oxygens (including phenoxy) is 3. The van der Waals surface area contributed by atoms with Crippen LogP contribution in [0.3, 0.4) is 0 Å². The van der Waals surface area contributed by atoms with Crippen LogP contribution in [0.4, 0.5) is 0 Å². The van der Waals surface area contributed by atoms with E-state index in [2.05, 4.69) is 191 Å². The maximum Gasteiger partial charge on any atom is 0.306 e. The summed E-state index contributed by atoms with van der Waals surface area (Å²) in [6.07, 6.45) is 101. The Kier molecular flexibility index (Phi) is 63.9. The predicted molar refractivity (Wildman–Crippen MR) is 357 cm³/mol. The first kappa shape index (κ1) is 76.8. The number of allylic oxidation sites excluding steroid dienone is 28. The van der Waals surface area contributed by atoms with Gasteiger partial charge in [-0.25, -0.2) is 0 Å². The van der Waals surface area contributed by atoms with Gasteiger partial charge in [-0.1, -0.05) is 294 Å². The number of esters is 3. The molecule has 0 bridgehead atoms. The second kappa shape index (κ2) is 68.3. The second-order valence-corrected chi connectivity index (χ2v) is 21.3. The minimum absolute atomic E-state index is 0.118. The largest absolute Gasteiger partial charge is 0.462 e. The van der Waals surface area contributed by atoms with E-state index in [4.69, 9.17) is 14.2 Å². The third-order valence-electron chi connectivity index (χ3n) is 13.5. The Labute approximate surface area is 504 Å². The summed E-state index contributed by atoms with van der Waals surface area (Å²) in [5.41, 5.74) is 0. The Morgan fingerprint density at radius 3 is 0.780 bits per heavy atom. The highest BCUT2D eigenvalue weighted by atomic mass is 16.6. The maximum absolute atomic E-state index is 12.9. The number of rotatable bonds is 58. The molecule has 0 aliphatic carbocycles. The molecule has 0 rings (SSSR count). The zero-order valence-electron chi connectivity index (χ0n) is 52.7. The Hall–Kier alpha value is -5.23. The van der Waals surface area contributed by atoms with Crippen LogP contribution < -0.4 is 0 Å². The highest BCUT2D eigenvalue weighted by molar-refractivity contribution is 5.71. The predicted octanol–water partition coefficient (Wildman–Crippen LogP) is 23.0. The van der Waals surface area contributed by atoms with E-state index >= 15 is 0 Å². The van der Waals surface area contributed by atoms with Gasteiger partial charge in [0.05, 0.1) is 0 Å². The molecule has 1 unspecified atom stereocenters. The van der Waals surface area contributed by atoms with Gasteiger partial charge in [0.1, 0.15) is 13.2 Å². The van der Waals surface area contributed by atoms with Crippen LogP contribution in [-0.4, -0.2) is 37.2 Å². The van der Waals surface area contributed by atoms with E-state index in [0.29, 0.717) is 19.3 Å². The van der Waals surface area contributed by atoms with Gasteiger partial charge in [-0.2, -0.15) is 0 Å². The van der Waals surface area contributed by atoms with Crippen LogP contribution in [0.1, 0.15) is 271 Å². The van der Waals surface area contributed by atoms with Gasteiger partial charge < -0.3 is 14.2 Å². The summed E-state index contributed by atoms with van der Waals surface area (Å²) in [5, 5.41) is 0. The fraction of sp³-hybridized carbons (Fsp3) is 0.592. The first-order valence-electron chi connectivity index (χ1n) is 33.1. The van der Waals surface area contributed by atoms with E-state index in [1.165, 1.54) is 83.5 Å². The lowest BCUT2D eigenvalue weighted by Crippen LogP contribution is -2.30. The third-order valence-corrected chi connectivity index (χ3v) is 13.5. The van der Waals surface area contributed by atoms with E-state index in [1.807, 2.05) is 0 Å². The fourth-order valence-corrected chi connectivity index (χ4v) is 8.59. The van der Waals surface area contributed by atoms with Crippen molar-refractivity contribution in [1.29, 1.82) is 0 Å². The first-order valence-corrected chi connectivity index (χ1v) is 33.1. The molecule has 1 atom stereocenters. The molecule has 0 aromatic carbocycles. The van der Waals surface area contributed by atoms with Crippen LogP contribution in [0.25, 0.3) is 0 Å². The van der Waals surface area contributed by atoms with Crippen molar-refractivity contribution in [3.63, 3.8) is 0 Å². The van der Waals surface area contributed by atoms with Crippen LogP contribution in [0.5, 0.6) is 0 Å². The second-order valence-electron chi connectivity index (χ2n) is 21.3. The van der Waals surface area contributed by atoms with Gasteiger partial charge in [0.2, 0.25) is 0 Å². The zero-order chi connectivity index (χ0) is 59.2. The SMILES string of the molecule is CC/C=C\C/C=C\C/C=C\C/C=C\C/C=C\C/C=C\C/C=C\CCCCCC(=O)OCC(COC(=O)CCCCCCCCCCCCCCCCCC)OC(=O)CCC/C=C\C/C=C\C/C=C\C/C=C\C/C=C\C/C=C\C/C=C\CC. The Morgan fingerprint density at radius 2 is 0.488 bits per heavy atom. The number of hydrogen-bond donors (Lipinski definition) is 0. The van der Waals surface area contributed by atoms with Crippen molar-refractivity contribution in [2.45, 2.75) is 277 Å². The number of carbonyl (C=O) groups is 3. The molecule has 460 valence electrons. The quantitative estimate of drug-likeness (QED) is 0.0261. The lowest BCUT2D eigenvalue weighted by molar-refractivity contribution is -0.167. The Morgan fingerprint density at radius 1 is 0.256 bits per heavy atom. The Bertz CT molecular complexity index is 1870. The molecule has 0 heterocycles. The molecular weight excluding hydrogens is 1010 g/mol. The monoisotopic (exact) mass is 1130 g/mol. The molecule has 0 aliphatic heterocycles. The minimum Gasteiger partial charge on any atom is -0.462 e. The Balaban J connectivity index is 4.57. The number of hydrogen-bond acceptors (Lipinski definition) is 6. The van der Waals surface area contributed by atoms with Crippen LogP contribution in [0.15, 0.2) is 170 Å². The van der Waals surface area contributed by atoms with Crippen LogP contribution >= 0.6 is 0 Å². The molecular formula is C76H120O6. The van der Waals surface area contributed by atoms with Crippen LogP contribution in [-0.2, 0) is 28.6 Å². The van der Waals surface area contributed by atoms with Gasteiger partial charge in [-0.05, 0) is 128 Å². The molecule has 0 aliphatic rings. The first-order chi connectivity index (χ1) is 40.5. The van der Waals surface area contributed by atoms with Gasteiger partial charge >= 0.3 is 17.9 Å². The summed E-state index contributed by atoms with van der Waals surface area (Å²) >= 11 is 0. The van der Waals surface area contributed by atoms with Gasteiger partial charge in [0, 0.05) is 19.3 Å². The molecule has 0 spiro atoms. The summed E-state index contributed by atoms with van der Waals surface area (Å²) in [6.45, 7) is 6.34. The molecule has 0 saturated heterocycles. The fourth-order valence-electron chi connectivity index (χ4n) is 8.59. The summed E-state index contributed by atoms with van der Waals surface area (Å²) < 4.78 is 16.9. The van der Waals surface area contributed by atoms with E-state index in [0.717, 1.165) is 141 Å². The average Bonchev–Trinajstić information content (AvgIpc) is 3.47. The highest BCUT2D eigenvalue weighted by Gasteiger charge is 2.19. The van der Waals surface area contributed by atoms with Crippen molar-refractivity contribution in [2.24, 2.45) is 0 Å². The lowest BCUT2D eigenvalue weighted by Gasteiger charge is -2.18. The van der Waals surface area contributed by atoms with Crippen molar-refractivity contribution in [2.75, 3.05) is 13.2 Å². The van der Waals surface area contributed by atoms with Gasteiger partial charge in [0.25, 0.3) is 0 Å². The van der Waals surface area contributed by atoms with Crippen molar-refractivity contribution in [1.82, 2.24) is 0 Å². The molecule has 6 nitrogen and oxygen atoms in total. The van der Waals surface area contributed by atoms with Gasteiger partial charge in [-0.3, -0.25) is 14.4 Å². The van der Waals surface area contributed by atoms with E-state index in [-0.39, 0.29) is 37.5 Å². The van der Waals surface area contributed by atoms with Crippen molar-refractivity contribution >= 4 is 17.9 Å². The van der Waals surface area contributed by atoms with Crippen molar-refractivity contribution in [3.8, 4) is 0 Å². The van der Waals surface area contributed by atoms with Crippen LogP contribution in [0, 0.1) is 0 Å². The van der Waals surface area contributed by atoms with Crippen LogP contribution in [0.2, 0.25) is 0 Å². The molecule has 6 heteroatoms. The average molecular weight is 1130 g/mol. The summed E-state index contributed by atoms with van der Waals surface area (Å²) in [5.74, 6) is -1.01. The summed E-state index contributed by atoms with van der Waals surface area (Å²) in [6, 6.07) is 0. The molecule has 0 amide bonds. The summed E-state index contributed by atoms with van der Waals surface area (Å²) in [4.78, 5) is 38.4.